The quantitative estimate of drug-likeness (QED) is 0.788. The topological polar surface area (TPSA) is 78.4 Å². The second kappa shape index (κ2) is 6.08. The largest absolute Gasteiger partial charge is 0.386 e. The van der Waals surface area contributed by atoms with Gasteiger partial charge in [-0.1, -0.05) is 45.0 Å². The van der Waals surface area contributed by atoms with Gasteiger partial charge in [0.25, 0.3) is 0 Å². The molecule has 0 heterocycles. The number of aliphatic hydroxyl groups is 1. The average molecular weight is 304 g/mol. The summed E-state index contributed by atoms with van der Waals surface area (Å²) in [5.74, 6) is -0.509. The van der Waals surface area contributed by atoms with Gasteiger partial charge in [0, 0.05) is 6.92 Å². The molecule has 3 N–H and O–H groups in total. The zero-order chi connectivity index (χ0) is 16.5. The van der Waals surface area contributed by atoms with E-state index in [2.05, 4.69) is 10.6 Å². The normalized spacial score (nSPS) is 21.9. The SMILES string of the molecule is CC(=O)NC(C(=O)N[C@H]1Cc2ccccc2[C@H]1O)C(C)(C)C. The van der Waals surface area contributed by atoms with Gasteiger partial charge in [0.1, 0.15) is 6.04 Å². The zero-order valence-electron chi connectivity index (χ0n) is 13.5. The lowest BCUT2D eigenvalue weighted by Crippen LogP contribution is -2.55. The van der Waals surface area contributed by atoms with Crippen LogP contribution in [-0.4, -0.2) is 29.0 Å². The maximum absolute atomic E-state index is 12.5. The highest BCUT2D eigenvalue weighted by Gasteiger charge is 2.37. The van der Waals surface area contributed by atoms with Gasteiger partial charge >= 0.3 is 0 Å². The summed E-state index contributed by atoms with van der Waals surface area (Å²) in [4.78, 5) is 23.9. The molecule has 5 nitrogen and oxygen atoms in total. The first-order valence-electron chi connectivity index (χ1n) is 7.53. The Bertz CT molecular complexity index is 578. The van der Waals surface area contributed by atoms with Crippen molar-refractivity contribution in [1.29, 1.82) is 0 Å². The molecule has 0 aliphatic heterocycles. The second-order valence-corrected chi connectivity index (χ2v) is 6.96. The lowest BCUT2D eigenvalue weighted by molar-refractivity contribution is -0.131. The molecular weight excluding hydrogens is 280 g/mol. The molecule has 1 aromatic carbocycles. The third kappa shape index (κ3) is 3.47. The molecular formula is C17H24N2O3. The molecule has 0 aromatic heterocycles. The van der Waals surface area contributed by atoms with E-state index in [0.717, 1.165) is 11.1 Å². The smallest absolute Gasteiger partial charge is 0.243 e. The van der Waals surface area contributed by atoms with Crippen molar-refractivity contribution in [3.8, 4) is 0 Å². The van der Waals surface area contributed by atoms with Crippen molar-refractivity contribution in [3.63, 3.8) is 0 Å². The molecule has 0 radical (unpaired) electrons. The molecule has 0 saturated heterocycles. The van der Waals surface area contributed by atoms with Gasteiger partial charge < -0.3 is 15.7 Å². The van der Waals surface area contributed by atoms with E-state index < -0.39 is 17.6 Å². The number of nitrogens with one attached hydrogen (secondary N) is 2. The lowest BCUT2D eigenvalue weighted by atomic mass is 9.86. The van der Waals surface area contributed by atoms with E-state index in [1.807, 2.05) is 45.0 Å². The Kier molecular flexibility index (Phi) is 4.56. The first-order chi connectivity index (χ1) is 10.2. The highest BCUT2D eigenvalue weighted by molar-refractivity contribution is 5.87. The molecule has 0 spiro atoms. The highest BCUT2D eigenvalue weighted by Crippen LogP contribution is 2.31. The summed E-state index contributed by atoms with van der Waals surface area (Å²) in [5.41, 5.74) is 1.50. The zero-order valence-corrected chi connectivity index (χ0v) is 13.5. The number of fused-ring (bicyclic) bond motifs is 1. The van der Waals surface area contributed by atoms with Crippen molar-refractivity contribution in [2.24, 2.45) is 5.41 Å². The molecule has 2 rings (SSSR count). The number of rotatable bonds is 3. The molecule has 120 valence electrons. The van der Waals surface area contributed by atoms with Crippen molar-refractivity contribution < 1.29 is 14.7 Å². The molecule has 2 amide bonds. The second-order valence-electron chi connectivity index (χ2n) is 6.96. The summed E-state index contributed by atoms with van der Waals surface area (Å²) in [6.07, 6.45) is -0.113. The Hall–Kier alpha value is -1.88. The minimum Gasteiger partial charge on any atom is -0.386 e. The summed E-state index contributed by atoms with van der Waals surface area (Å²) in [6, 6.07) is 6.64. The van der Waals surface area contributed by atoms with Crippen LogP contribution in [-0.2, 0) is 16.0 Å². The molecule has 1 aliphatic rings. The fourth-order valence-corrected chi connectivity index (χ4v) is 2.85. The van der Waals surface area contributed by atoms with E-state index in [1.54, 1.807) is 0 Å². The van der Waals surface area contributed by atoms with Crippen molar-refractivity contribution in [2.45, 2.75) is 52.3 Å². The molecule has 1 aromatic rings. The number of carbonyl (C=O) groups is 2. The molecule has 5 heteroatoms. The van der Waals surface area contributed by atoms with E-state index in [9.17, 15) is 14.7 Å². The Morgan fingerprint density at radius 3 is 2.45 bits per heavy atom. The van der Waals surface area contributed by atoms with Gasteiger partial charge in [0.15, 0.2) is 0 Å². The van der Waals surface area contributed by atoms with E-state index in [4.69, 9.17) is 0 Å². The van der Waals surface area contributed by atoms with Gasteiger partial charge in [-0.15, -0.1) is 0 Å². The van der Waals surface area contributed by atoms with Gasteiger partial charge in [-0.2, -0.15) is 0 Å². The first kappa shape index (κ1) is 16.5. The van der Waals surface area contributed by atoms with Crippen LogP contribution in [0, 0.1) is 5.41 Å². The van der Waals surface area contributed by atoms with Gasteiger partial charge in [0.2, 0.25) is 11.8 Å². The van der Waals surface area contributed by atoms with Gasteiger partial charge in [-0.05, 0) is 23.0 Å². The number of amides is 2. The van der Waals surface area contributed by atoms with Crippen molar-refractivity contribution in [2.75, 3.05) is 0 Å². The monoisotopic (exact) mass is 304 g/mol. The number of hydrogen-bond acceptors (Lipinski definition) is 3. The van der Waals surface area contributed by atoms with Gasteiger partial charge in [-0.3, -0.25) is 9.59 Å². The summed E-state index contributed by atoms with van der Waals surface area (Å²) in [6.45, 7) is 7.08. The van der Waals surface area contributed by atoms with E-state index >= 15 is 0 Å². The Morgan fingerprint density at radius 2 is 1.91 bits per heavy atom. The molecule has 1 unspecified atom stereocenters. The Morgan fingerprint density at radius 1 is 1.27 bits per heavy atom. The first-order valence-corrected chi connectivity index (χ1v) is 7.53. The molecule has 0 fully saturated rings. The molecule has 1 aliphatic carbocycles. The lowest BCUT2D eigenvalue weighted by Gasteiger charge is -2.31. The van der Waals surface area contributed by atoms with E-state index in [0.29, 0.717) is 6.42 Å². The highest BCUT2D eigenvalue weighted by atomic mass is 16.3. The van der Waals surface area contributed by atoms with Crippen molar-refractivity contribution in [1.82, 2.24) is 10.6 Å². The van der Waals surface area contributed by atoms with Crippen molar-refractivity contribution in [3.05, 3.63) is 35.4 Å². The molecule has 0 bridgehead atoms. The molecule has 3 atom stereocenters. The Balaban J connectivity index is 2.10. The van der Waals surface area contributed by atoms with Crippen LogP contribution in [0.3, 0.4) is 0 Å². The van der Waals surface area contributed by atoms with Crippen LogP contribution in [0.5, 0.6) is 0 Å². The minimum atomic E-state index is -0.710. The van der Waals surface area contributed by atoms with E-state index in [1.165, 1.54) is 6.92 Å². The summed E-state index contributed by atoms with van der Waals surface area (Å²) in [7, 11) is 0. The fraction of sp³-hybridized carbons (Fsp3) is 0.529. The van der Waals surface area contributed by atoms with Crippen LogP contribution in [0.15, 0.2) is 24.3 Å². The van der Waals surface area contributed by atoms with Crippen LogP contribution in [0.1, 0.15) is 44.9 Å². The molecule has 22 heavy (non-hydrogen) atoms. The Labute approximate surface area is 131 Å². The number of aliphatic hydroxyl groups excluding tert-OH is 1. The summed E-state index contributed by atoms with van der Waals surface area (Å²) >= 11 is 0. The maximum Gasteiger partial charge on any atom is 0.243 e. The predicted molar refractivity (Wildman–Crippen MR) is 84.1 cm³/mol. The third-order valence-electron chi connectivity index (χ3n) is 4.00. The fourth-order valence-electron chi connectivity index (χ4n) is 2.85. The van der Waals surface area contributed by atoms with Crippen LogP contribution >= 0.6 is 0 Å². The van der Waals surface area contributed by atoms with Gasteiger partial charge in [-0.25, -0.2) is 0 Å². The van der Waals surface area contributed by atoms with Crippen LogP contribution in [0.25, 0.3) is 0 Å². The maximum atomic E-state index is 12.5. The van der Waals surface area contributed by atoms with Crippen molar-refractivity contribution >= 4 is 11.8 Å². The molecule has 0 saturated carbocycles. The average Bonchev–Trinajstić information content (AvgIpc) is 2.72. The number of benzene rings is 1. The number of hydrogen-bond donors (Lipinski definition) is 3. The summed E-state index contributed by atoms with van der Waals surface area (Å²) in [5, 5.41) is 15.9. The van der Waals surface area contributed by atoms with E-state index in [-0.39, 0.29) is 17.9 Å². The van der Waals surface area contributed by atoms with Crippen LogP contribution in [0.2, 0.25) is 0 Å². The van der Waals surface area contributed by atoms with Crippen LogP contribution in [0.4, 0.5) is 0 Å². The standard InChI is InChI=1S/C17H24N2O3/c1-10(20)18-15(17(2,3)4)16(22)19-13-9-11-7-5-6-8-12(11)14(13)21/h5-8,13-15,21H,9H2,1-4H3,(H,18,20)(H,19,22)/t13-,14+,15?/m0/s1. The summed E-state index contributed by atoms with van der Waals surface area (Å²) < 4.78 is 0. The van der Waals surface area contributed by atoms with Crippen LogP contribution < -0.4 is 10.6 Å². The predicted octanol–water partition coefficient (Wildman–Crippen LogP) is 1.31. The minimum absolute atomic E-state index is 0.245. The third-order valence-corrected chi connectivity index (χ3v) is 4.00. The number of carbonyl (C=O) groups excluding carboxylic acids is 2. The van der Waals surface area contributed by atoms with Gasteiger partial charge in [0.05, 0.1) is 12.1 Å².